The Hall–Kier alpha value is -2.85. The Labute approximate surface area is 155 Å². The molecule has 2 heterocycles. The van der Waals surface area contributed by atoms with E-state index >= 15 is 0 Å². The number of ether oxygens (including phenoxy) is 2. The molecule has 0 aliphatic heterocycles. The van der Waals surface area contributed by atoms with Crippen LogP contribution in [0.1, 0.15) is 17.0 Å². The first-order valence-electron chi connectivity index (χ1n) is 7.97. The molecule has 0 spiro atoms. The summed E-state index contributed by atoms with van der Waals surface area (Å²) >= 11 is 0. The lowest BCUT2D eigenvalue weighted by molar-refractivity contribution is 0.356. The van der Waals surface area contributed by atoms with Crippen molar-refractivity contribution >= 4 is 20.9 Å². The Kier molecular flexibility index (Phi) is 4.94. The number of rotatable bonds is 6. The summed E-state index contributed by atoms with van der Waals surface area (Å²) < 4.78 is 42.8. The molecule has 0 amide bonds. The molecule has 3 rings (SSSR count). The van der Waals surface area contributed by atoms with Crippen LogP contribution in [-0.4, -0.2) is 32.8 Å². The van der Waals surface area contributed by atoms with Crippen LogP contribution in [-0.2, 0) is 16.6 Å². The van der Waals surface area contributed by atoms with E-state index in [9.17, 15) is 13.2 Å². The van der Waals surface area contributed by atoms with Crippen LogP contribution >= 0.6 is 0 Å². The van der Waals surface area contributed by atoms with Crippen LogP contribution in [0.2, 0.25) is 0 Å². The smallest absolute Gasteiger partial charge is 0.252 e. The fourth-order valence-electron chi connectivity index (χ4n) is 2.81. The minimum atomic E-state index is -3.87. The van der Waals surface area contributed by atoms with Crippen molar-refractivity contribution in [3.8, 4) is 11.5 Å². The van der Waals surface area contributed by atoms with Gasteiger partial charge in [-0.3, -0.25) is 4.79 Å². The highest BCUT2D eigenvalue weighted by Gasteiger charge is 2.24. The third kappa shape index (κ3) is 3.53. The predicted molar refractivity (Wildman–Crippen MR) is 97.7 cm³/mol. The minimum Gasteiger partial charge on any atom is -0.493 e. The molecule has 10 heteroatoms. The molecule has 1 aromatic carbocycles. The molecule has 2 aromatic heterocycles. The van der Waals surface area contributed by atoms with E-state index in [0.29, 0.717) is 22.4 Å². The number of nitrogens with zero attached hydrogens (tertiary/aromatic N) is 1. The number of sulfonamides is 1. The number of aromatic nitrogens is 2. The molecular weight excluding hydrogens is 374 g/mol. The van der Waals surface area contributed by atoms with Crippen LogP contribution in [0.15, 0.2) is 32.4 Å². The van der Waals surface area contributed by atoms with Gasteiger partial charge in [0.15, 0.2) is 17.3 Å². The summed E-state index contributed by atoms with van der Waals surface area (Å²) in [6.45, 7) is 2.86. The molecule has 0 aliphatic rings. The van der Waals surface area contributed by atoms with Crippen molar-refractivity contribution in [3.05, 3.63) is 45.6 Å². The van der Waals surface area contributed by atoms with E-state index < -0.39 is 15.6 Å². The largest absolute Gasteiger partial charge is 0.493 e. The molecule has 0 atom stereocenters. The second kappa shape index (κ2) is 7.05. The molecule has 9 nitrogen and oxygen atoms in total. The summed E-state index contributed by atoms with van der Waals surface area (Å²) in [6.07, 6.45) is 0. The predicted octanol–water partition coefficient (Wildman–Crippen LogP) is 1.63. The first kappa shape index (κ1) is 18.9. The van der Waals surface area contributed by atoms with E-state index in [1.807, 2.05) is 0 Å². The number of benzene rings is 1. The first-order valence-corrected chi connectivity index (χ1v) is 9.45. The molecule has 0 bridgehead atoms. The van der Waals surface area contributed by atoms with E-state index in [-0.39, 0.29) is 28.5 Å². The average molecular weight is 393 g/mol. The van der Waals surface area contributed by atoms with Gasteiger partial charge in [-0.1, -0.05) is 5.16 Å². The standard InChI is InChI=1S/C17H19N3O6S/c1-9-16(10(2)26-20-9)27(22,23)18-8-12-5-11-6-14(24-3)15(25-4)7-13(11)19-17(12)21/h5-7,18H,8H2,1-4H3,(H,19,21). The Bertz CT molecular complexity index is 1140. The van der Waals surface area contributed by atoms with E-state index in [1.54, 1.807) is 18.2 Å². The number of H-pyrrole nitrogens is 1. The van der Waals surface area contributed by atoms with Crippen molar-refractivity contribution < 1.29 is 22.4 Å². The number of nitrogens with one attached hydrogen (secondary N) is 2. The molecule has 144 valence electrons. The van der Waals surface area contributed by atoms with Gasteiger partial charge in [0, 0.05) is 23.6 Å². The molecule has 0 saturated carbocycles. The van der Waals surface area contributed by atoms with Crippen molar-refractivity contribution in [2.75, 3.05) is 14.2 Å². The first-order chi connectivity index (χ1) is 12.8. The molecule has 3 aromatic rings. The third-order valence-electron chi connectivity index (χ3n) is 4.11. The quantitative estimate of drug-likeness (QED) is 0.652. The number of hydrogen-bond donors (Lipinski definition) is 2. The number of methoxy groups -OCH3 is 2. The van der Waals surface area contributed by atoms with Gasteiger partial charge < -0.3 is 19.0 Å². The summed E-state index contributed by atoms with van der Waals surface area (Å²) in [5.41, 5.74) is 0.653. The summed E-state index contributed by atoms with van der Waals surface area (Å²) in [5, 5.41) is 4.32. The summed E-state index contributed by atoms with van der Waals surface area (Å²) in [5.74, 6) is 1.16. The highest BCUT2D eigenvalue weighted by atomic mass is 32.2. The lowest BCUT2D eigenvalue weighted by Crippen LogP contribution is -2.27. The molecule has 27 heavy (non-hydrogen) atoms. The summed E-state index contributed by atoms with van der Waals surface area (Å²) in [6, 6.07) is 4.95. The number of hydrogen-bond acceptors (Lipinski definition) is 7. The zero-order valence-corrected chi connectivity index (χ0v) is 16.1. The highest BCUT2D eigenvalue weighted by Crippen LogP contribution is 2.31. The van der Waals surface area contributed by atoms with E-state index in [2.05, 4.69) is 14.9 Å². The lowest BCUT2D eigenvalue weighted by atomic mass is 10.1. The Morgan fingerprint density at radius 2 is 1.81 bits per heavy atom. The number of aromatic amines is 1. The molecule has 0 aliphatic carbocycles. The zero-order chi connectivity index (χ0) is 19.8. The SMILES string of the molecule is COc1cc2cc(CNS(=O)(=O)c3c(C)noc3C)c(=O)[nH]c2cc1OC. The van der Waals surface area contributed by atoms with E-state index in [4.69, 9.17) is 14.0 Å². The van der Waals surface area contributed by atoms with Gasteiger partial charge in [-0.2, -0.15) is 0 Å². The van der Waals surface area contributed by atoms with Crippen LogP contribution in [0, 0.1) is 13.8 Å². The maximum Gasteiger partial charge on any atom is 0.252 e. The van der Waals surface area contributed by atoms with Crippen LogP contribution < -0.4 is 19.8 Å². The monoisotopic (exact) mass is 393 g/mol. The normalized spacial score (nSPS) is 11.7. The highest BCUT2D eigenvalue weighted by molar-refractivity contribution is 7.89. The minimum absolute atomic E-state index is 0.0221. The second-order valence-electron chi connectivity index (χ2n) is 5.90. The van der Waals surface area contributed by atoms with Crippen molar-refractivity contribution in [3.63, 3.8) is 0 Å². The Morgan fingerprint density at radius 1 is 1.15 bits per heavy atom. The van der Waals surface area contributed by atoms with Crippen LogP contribution in [0.25, 0.3) is 10.9 Å². The van der Waals surface area contributed by atoms with Crippen LogP contribution in [0.4, 0.5) is 0 Å². The molecule has 0 saturated heterocycles. The molecule has 0 unspecified atom stereocenters. The van der Waals surface area contributed by atoms with Crippen LogP contribution in [0.5, 0.6) is 11.5 Å². The number of fused-ring (bicyclic) bond motifs is 1. The summed E-state index contributed by atoms with van der Waals surface area (Å²) in [7, 11) is -0.866. The number of pyridine rings is 1. The average Bonchev–Trinajstić information content (AvgIpc) is 2.98. The topological polar surface area (TPSA) is 124 Å². The van der Waals surface area contributed by atoms with Crippen LogP contribution in [0.3, 0.4) is 0 Å². The maximum atomic E-state index is 12.5. The fourth-order valence-corrected chi connectivity index (χ4v) is 4.14. The molecule has 0 fully saturated rings. The van der Waals surface area contributed by atoms with Crippen molar-refractivity contribution in [1.29, 1.82) is 0 Å². The van der Waals surface area contributed by atoms with Gasteiger partial charge in [0.05, 0.1) is 19.7 Å². The number of aryl methyl sites for hydroxylation is 2. The van der Waals surface area contributed by atoms with Gasteiger partial charge in [-0.15, -0.1) is 0 Å². The summed E-state index contributed by atoms with van der Waals surface area (Å²) in [4.78, 5) is 15.0. The van der Waals surface area contributed by atoms with Gasteiger partial charge in [0.1, 0.15) is 10.6 Å². The van der Waals surface area contributed by atoms with E-state index in [0.717, 1.165) is 0 Å². The third-order valence-corrected chi connectivity index (χ3v) is 5.76. The van der Waals surface area contributed by atoms with E-state index in [1.165, 1.54) is 28.1 Å². The Balaban J connectivity index is 1.95. The van der Waals surface area contributed by atoms with Crippen molar-refractivity contribution in [2.45, 2.75) is 25.3 Å². The molecular formula is C17H19N3O6S. The van der Waals surface area contributed by atoms with Crippen molar-refractivity contribution in [2.24, 2.45) is 0 Å². The van der Waals surface area contributed by atoms with Gasteiger partial charge in [-0.25, -0.2) is 13.1 Å². The Morgan fingerprint density at radius 3 is 2.41 bits per heavy atom. The van der Waals surface area contributed by atoms with Gasteiger partial charge >= 0.3 is 0 Å². The van der Waals surface area contributed by atoms with Gasteiger partial charge in [0.25, 0.3) is 5.56 Å². The van der Waals surface area contributed by atoms with Gasteiger partial charge in [0.2, 0.25) is 10.0 Å². The second-order valence-corrected chi connectivity index (χ2v) is 7.60. The lowest BCUT2D eigenvalue weighted by Gasteiger charge is -2.10. The molecule has 2 N–H and O–H groups in total. The molecule has 0 radical (unpaired) electrons. The van der Waals surface area contributed by atoms with Gasteiger partial charge in [-0.05, 0) is 26.0 Å². The maximum absolute atomic E-state index is 12.5. The fraction of sp³-hybridized carbons (Fsp3) is 0.294. The zero-order valence-electron chi connectivity index (χ0n) is 15.2. The van der Waals surface area contributed by atoms with Crippen molar-refractivity contribution in [1.82, 2.24) is 14.9 Å².